The molecule has 0 aliphatic rings. The molecule has 0 fully saturated rings. The monoisotopic (exact) mass is 363 g/mol. The number of para-hydroxylation sites is 2. The molecule has 2 N–H and O–H groups in total. The van der Waals surface area contributed by atoms with Crippen LogP contribution in [0.5, 0.6) is 5.75 Å². The molecule has 1 heterocycles. The maximum absolute atomic E-state index is 5.27. The number of ether oxygens (including phenoxy) is 1. The van der Waals surface area contributed by atoms with Crippen molar-refractivity contribution in [1.82, 2.24) is 10.4 Å². The molecule has 0 aliphatic carbocycles. The second-order valence-electron chi connectivity index (χ2n) is 4.74. The summed E-state index contributed by atoms with van der Waals surface area (Å²) in [6, 6.07) is 7.55. The molecule has 0 spiro atoms. The van der Waals surface area contributed by atoms with Crippen molar-refractivity contribution in [2.75, 3.05) is 30.4 Å². The SMILES string of the molecule is CCN(CC)c1ncc(/C=N\NC(=S)Nc2ccccc2OC)s1. The molecule has 128 valence electrons. The topological polar surface area (TPSA) is 61.8 Å². The summed E-state index contributed by atoms with van der Waals surface area (Å²) in [5.74, 6) is 0.719. The molecule has 0 amide bonds. The highest BCUT2D eigenvalue weighted by molar-refractivity contribution is 7.80. The molecule has 24 heavy (non-hydrogen) atoms. The first-order chi connectivity index (χ1) is 11.7. The summed E-state index contributed by atoms with van der Waals surface area (Å²) in [4.78, 5) is 7.57. The van der Waals surface area contributed by atoms with E-state index in [-0.39, 0.29) is 0 Å². The Kier molecular flexibility index (Phi) is 6.95. The van der Waals surface area contributed by atoms with E-state index < -0.39 is 0 Å². The Morgan fingerprint density at radius 1 is 1.38 bits per heavy atom. The van der Waals surface area contributed by atoms with Crippen LogP contribution in [0.3, 0.4) is 0 Å². The molecule has 0 radical (unpaired) electrons. The van der Waals surface area contributed by atoms with Gasteiger partial charge >= 0.3 is 0 Å². The molecule has 0 saturated carbocycles. The molecule has 2 rings (SSSR count). The summed E-state index contributed by atoms with van der Waals surface area (Å²) in [6.45, 7) is 6.10. The van der Waals surface area contributed by atoms with Gasteiger partial charge in [0.05, 0.1) is 23.9 Å². The van der Waals surface area contributed by atoms with Gasteiger partial charge in [0.2, 0.25) is 0 Å². The highest BCUT2D eigenvalue weighted by atomic mass is 32.1. The van der Waals surface area contributed by atoms with Gasteiger partial charge in [-0.25, -0.2) is 4.98 Å². The largest absolute Gasteiger partial charge is 0.495 e. The van der Waals surface area contributed by atoms with E-state index in [1.807, 2.05) is 24.3 Å². The van der Waals surface area contributed by atoms with Crippen LogP contribution in [-0.4, -0.2) is 36.5 Å². The lowest BCUT2D eigenvalue weighted by Gasteiger charge is -2.16. The van der Waals surface area contributed by atoms with Gasteiger partial charge in [-0.05, 0) is 38.2 Å². The van der Waals surface area contributed by atoms with Crippen molar-refractivity contribution in [1.29, 1.82) is 0 Å². The van der Waals surface area contributed by atoms with Crippen LogP contribution in [0.2, 0.25) is 0 Å². The molecule has 1 aromatic carbocycles. The van der Waals surface area contributed by atoms with Gasteiger partial charge in [-0.2, -0.15) is 5.10 Å². The van der Waals surface area contributed by atoms with Crippen molar-refractivity contribution in [2.24, 2.45) is 5.10 Å². The molecule has 0 aliphatic heterocycles. The molecule has 0 saturated heterocycles. The van der Waals surface area contributed by atoms with E-state index in [9.17, 15) is 0 Å². The van der Waals surface area contributed by atoms with Crippen LogP contribution in [0, 0.1) is 0 Å². The average Bonchev–Trinajstić information content (AvgIpc) is 3.05. The van der Waals surface area contributed by atoms with Crippen LogP contribution in [0.25, 0.3) is 0 Å². The maximum Gasteiger partial charge on any atom is 0.191 e. The van der Waals surface area contributed by atoms with Crippen LogP contribution in [-0.2, 0) is 0 Å². The first kappa shape index (κ1) is 18.2. The van der Waals surface area contributed by atoms with Gasteiger partial charge in [-0.3, -0.25) is 5.43 Å². The number of hydrazone groups is 1. The number of thiazole rings is 1. The first-order valence-corrected chi connectivity index (χ1v) is 8.84. The van der Waals surface area contributed by atoms with Gasteiger partial charge in [-0.15, -0.1) is 0 Å². The van der Waals surface area contributed by atoms with Crippen molar-refractivity contribution >= 4 is 45.7 Å². The first-order valence-electron chi connectivity index (χ1n) is 7.61. The standard InChI is InChI=1S/C16H21N5OS2/c1-4-21(5-2)16-17-10-12(24-16)11-18-20-15(23)19-13-8-6-7-9-14(13)22-3/h6-11H,4-5H2,1-3H3,(H2,19,20,23)/b18-11-. The van der Waals surface area contributed by atoms with Crippen molar-refractivity contribution in [3.8, 4) is 5.75 Å². The van der Waals surface area contributed by atoms with E-state index in [4.69, 9.17) is 17.0 Å². The summed E-state index contributed by atoms with van der Waals surface area (Å²) < 4.78 is 5.27. The molecule has 0 unspecified atom stereocenters. The van der Waals surface area contributed by atoms with E-state index in [2.05, 4.69) is 39.6 Å². The second-order valence-corrected chi connectivity index (χ2v) is 6.19. The minimum Gasteiger partial charge on any atom is -0.495 e. The van der Waals surface area contributed by atoms with Crippen molar-refractivity contribution in [2.45, 2.75) is 13.8 Å². The number of benzene rings is 1. The lowest BCUT2D eigenvalue weighted by atomic mass is 10.3. The minimum atomic E-state index is 0.393. The average molecular weight is 364 g/mol. The summed E-state index contributed by atoms with van der Waals surface area (Å²) in [6.07, 6.45) is 3.51. The van der Waals surface area contributed by atoms with Crippen LogP contribution in [0.4, 0.5) is 10.8 Å². The third-order valence-electron chi connectivity index (χ3n) is 3.26. The van der Waals surface area contributed by atoms with Crippen molar-refractivity contribution in [3.05, 3.63) is 35.3 Å². The van der Waals surface area contributed by atoms with Gasteiger partial charge in [0.1, 0.15) is 5.75 Å². The fourth-order valence-electron chi connectivity index (χ4n) is 2.03. The number of nitrogens with one attached hydrogen (secondary N) is 2. The summed E-state index contributed by atoms with van der Waals surface area (Å²) in [5, 5.41) is 8.59. The highest BCUT2D eigenvalue weighted by Gasteiger charge is 2.06. The Morgan fingerprint density at radius 3 is 2.83 bits per heavy atom. The Balaban J connectivity index is 1.90. The van der Waals surface area contributed by atoms with E-state index >= 15 is 0 Å². The van der Waals surface area contributed by atoms with Gasteiger partial charge in [-0.1, -0.05) is 23.5 Å². The number of hydrogen-bond acceptors (Lipinski definition) is 6. The molecule has 8 heteroatoms. The normalized spacial score (nSPS) is 10.6. The van der Waals surface area contributed by atoms with E-state index in [1.165, 1.54) is 0 Å². The third kappa shape index (κ3) is 4.90. The zero-order valence-corrected chi connectivity index (χ0v) is 15.6. The number of thiocarbonyl (C=S) groups is 1. The number of nitrogens with zero attached hydrogens (tertiary/aromatic N) is 3. The molecule has 2 aromatic rings. The molecule has 6 nitrogen and oxygen atoms in total. The summed E-state index contributed by atoms with van der Waals surface area (Å²) in [5.41, 5.74) is 3.58. The summed E-state index contributed by atoms with van der Waals surface area (Å²) >= 11 is 6.82. The summed E-state index contributed by atoms with van der Waals surface area (Å²) in [7, 11) is 1.62. The lowest BCUT2D eigenvalue weighted by Crippen LogP contribution is -2.24. The fraction of sp³-hybridized carbons (Fsp3) is 0.312. The van der Waals surface area contributed by atoms with Crippen molar-refractivity contribution < 1.29 is 4.74 Å². The predicted octanol–water partition coefficient (Wildman–Crippen LogP) is 3.32. The van der Waals surface area contributed by atoms with Gasteiger partial charge < -0.3 is 15.0 Å². The predicted molar refractivity (Wildman–Crippen MR) is 106 cm³/mol. The van der Waals surface area contributed by atoms with Crippen LogP contribution in [0.15, 0.2) is 35.6 Å². The molecule has 0 bridgehead atoms. The minimum absolute atomic E-state index is 0.393. The second kappa shape index (κ2) is 9.19. The quantitative estimate of drug-likeness (QED) is 0.447. The smallest absolute Gasteiger partial charge is 0.191 e. The van der Waals surface area contributed by atoms with Gasteiger partial charge in [0, 0.05) is 19.3 Å². The third-order valence-corrected chi connectivity index (χ3v) is 4.44. The zero-order valence-electron chi connectivity index (χ0n) is 13.9. The van der Waals surface area contributed by atoms with E-state index in [0.29, 0.717) is 5.11 Å². The molecule has 1 aromatic heterocycles. The molecular weight excluding hydrogens is 342 g/mol. The Morgan fingerprint density at radius 2 is 2.12 bits per heavy atom. The van der Waals surface area contributed by atoms with Crippen LogP contribution < -0.4 is 20.4 Å². The number of aromatic nitrogens is 1. The van der Waals surface area contributed by atoms with Gasteiger partial charge in [0.15, 0.2) is 10.2 Å². The molecule has 0 atom stereocenters. The highest BCUT2D eigenvalue weighted by Crippen LogP contribution is 2.23. The lowest BCUT2D eigenvalue weighted by molar-refractivity contribution is 0.417. The Hall–Kier alpha value is -2.19. The fourth-order valence-corrected chi connectivity index (χ4v) is 3.11. The zero-order chi connectivity index (χ0) is 17.4. The number of methoxy groups -OCH3 is 1. The molecular formula is C16H21N5OS2. The van der Waals surface area contributed by atoms with Gasteiger partial charge in [0.25, 0.3) is 0 Å². The van der Waals surface area contributed by atoms with Crippen LogP contribution in [0.1, 0.15) is 18.7 Å². The van der Waals surface area contributed by atoms with E-state index in [0.717, 1.165) is 34.5 Å². The Bertz CT molecular complexity index is 697. The van der Waals surface area contributed by atoms with Crippen molar-refractivity contribution in [3.63, 3.8) is 0 Å². The number of hydrogen-bond donors (Lipinski definition) is 2. The van der Waals surface area contributed by atoms with Crippen LogP contribution >= 0.6 is 23.6 Å². The number of rotatable bonds is 7. The van der Waals surface area contributed by atoms with E-state index in [1.54, 1.807) is 30.9 Å². The maximum atomic E-state index is 5.27. The Labute approximate surface area is 151 Å². The number of anilines is 2.